The van der Waals surface area contributed by atoms with Crippen LogP contribution < -0.4 is 14.8 Å². The first-order chi connectivity index (χ1) is 19.5. The van der Waals surface area contributed by atoms with Crippen molar-refractivity contribution >= 4 is 79.7 Å². The van der Waals surface area contributed by atoms with Crippen molar-refractivity contribution in [1.82, 2.24) is 4.90 Å². The van der Waals surface area contributed by atoms with Gasteiger partial charge in [-0.15, -0.1) is 0 Å². The van der Waals surface area contributed by atoms with Gasteiger partial charge in [-0.2, -0.15) is 0 Å². The molecule has 1 N–H and O–H groups in total. The molecule has 0 bridgehead atoms. The van der Waals surface area contributed by atoms with Crippen molar-refractivity contribution in [2.24, 2.45) is 0 Å². The van der Waals surface area contributed by atoms with E-state index in [1.54, 1.807) is 48.5 Å². The minimum atomic E-state index is -0.544. The van der Waals surface area contributed by atoms with Crippen LogP contribution in [0, 0.1) is 0 Å². The predicted molar refractivity (Wildman–Crippen MR) is 168 cm³/mol. The molecular formula is C30H27BrCl2N2O5S. The van der Waals surface area contributed by atoms with Crippen LogP contribution in [0.5, 0.6) is 11.5 Å². The lowest BCUT2D eigenvalue weighted by molar-refractivity contribution is -0.127. The number of halogens is 3. The smallest absolute Gasteiger partial charge is 0.294 e. The number of thioether (sulfide) groups is 1. The van der Waals surface area contributed by atoms with Crippen molar-refractivity contribution in [2.75, 3.05) is 18.5 Å². The van der Waals surface area contributed by atoms with Crippen molar-refractivity contribution < 1.29 is 23.9 Å². The number of nitrogens with one attached hydrogen (secondary N) is 1. The third-order valence-corrected chi connectivity index (χ3v) is 8.14. The molecule has 4 rings (SSSR count). The quantitative estimate of drug-likeness (QED) is 0.217. The van der Waals surface area contributed by atoms with Gasteiger partial charge in [0.1, 0.15) is 13.2 Å². The van der Waals surface area contributed by atoms with E-state index < -0.39 is 17.1 Å². The molecule has 1 aliphatic heterocycles. The highest BCUT2D eigenvalue weighted by Crippen LogP contribution is 2.40. The molecule has 1 aliphatic rings. The zero-order valence-electron chi connectivity index (χ0n) is 22.5. The fourth-order valence-electron chi connectivity index (χ4n) is 3.95. The molecule has 1 saturated heterocycles. The lowest BCUT2D eigenvalue weighted by Crippen LogP contribution is -2.36. The fourth-order valence-corrected chi connectivity index (χ4v) is 5.82. The Morgan fingerprint density at radius 2 is 1.80 bits per heavy atom. The second-order valence-corrected chi connectivity index (χ2v) is 12.1. The van der Waals surface area contributed by atoms with E-state index in [0.717, 1.165) is 27.8 Å². The summed E-state index contributed by atoms with van der Waals surface area (Å²) in [5.41, 5.74) is 3.09. The molecule has 3 aromatic carbocycles. The first kappa shape index (κ1) is 31.0. The molecule has 0 unspecified atom stereocenters. The summed E-state index contributed by atoms with van der Waals surface area (Å²) < 4.78 is 12.4. The third kappa shape index (κ3) is 7.86. The van der Waals surface area contributed by atoms with Crippen molar-refractivity contribution in [3.8, 4) is 11.5 Å². The Balaban J connectivity index is 1.47. The Hall–Kier alpha value is -2.98. The summed E-state index contributed by atoms with van der Waals surface area (Å²) in [5.74, 6) is 0.261. The second kappa shape index (κ2) is 13.8. The van der Waals surface area contributed by atoms with Gasteiger partial charge in [0.25, 0.3) is 11.1 Å². The van der Waals surface area contributed by atoms with Crippen LogP contribution in [0.1, 0.15) is 43.4 Å². The minimum absolute atomic E-state index is 0.177. The number of carbonyl (C=O) groups excluding carboxylic acids is 3. The highest BCUT2D eigenvalue weighted by Gasteiger charge is 2.36. The molecule has 0 spiro atoms. The molecule has 0 saturated carbocycles. The van der Waals surface area contributed by atoms with E-state index in [1.165, 1.54) is 0 Å². The number of carbonyl (C=O) groups is 3. The van der Waals surface area contributed by atoms with Gasteiger partial charge >= 0.3 is 0 Å². The summed E-state index contributed by atoms with van der Waals surface area (Å²) in [5, 5.41) is 3.23. The molecule has 0 aliphatic carbocycles. The summed E-state index contributed by atoms with van der Waals surface area (Å²) >= 11 is 16.6. The Labute approximate surface area is 261 Å². The largest absolute Gasteiger partial charge is 0.490 e. The third-order valence-electron chi connectivity index (χ3n) is 6.05. The molecule has 0 radical (unpaired) electrons. The first-order valence-electron chi connectivity index (χ1n) is 12.7. The number of imide groups is 1. The monoisotopic (exact) mass is 676 g/mol. The van der Waals surface area contributed by atoms with Crippen LogP contribution in [0.25, 0.3) is 6.08 Å². The summed E-state index contributed by atoms with van der Waals surface area (Å²) in [6.45, 7) is 6.17. The molecule has 214 valence electrons. The van der Waals surface area contributed by atoms with Gasteiger partial charge in [-0.3, -0.25) is 19.3 Å². The van der Waals surface area contributed by atoms with Crippen LogP contribution in [-0.4, -0.2) is 35.1 Å². The SMILES string of the molecule is CCOc1cc(/C=C2\SC(=O)N(CC(=O)Nc3ccc(C(C)C)cc3)C2=O)cc(Br)c1OCc1ccc(Cl)cc1Cl. The topological polar surface area (TPSA) is 84.9 Å². The number of benzene rings is 3. The normalized spacial score (nSPS) is 14.2. The summed E-state index contributed by atoms with van der Waals surface area (Å²) in [6.07, 6.45) is 1.58. The number of rotatable bonds is 10. The standard InChI is InChI=1S/C30H27BrCl2N2O5S/c1-4-39-25-12-18(11-23(31)28(25)40-16-20-5-8-21(32)14-24(20)33)13-26-29(37)35(30(38)41-26)15-27(36)34-22-9-6-19(7-10-22)17(2)3/h5-14,17H,4,15-16H2,1-3H3,(H,34,36)/b26-13-. The van der Waals surface area contributed by atoms with Crippen molar-refractivity contribution in [3.63, 3.8) is 0 Å². The van der Waals surface area contributed by atoms with Crippen LogP contribution in [0.15, 0.2) is 64.0 Å². The van der Waals surface area contributed by atoms with Gasteiger partial charge in [-0.25, -0.2) is 0 Å². The zero-order chi connectivity index (χ0) is 29.7. The summed E-state index contributed by atoms with van der Waals surface area (Å²) in [7, 11) is 0. The Morgan fingerprint density at radius 1 is 1.07 bits per heavy atom. The predicted octanol–water partition coefficient (Wildman–Crippen LogP) is 8.53. The number of ether oxygens (including phenoxy) is 2. The van der Waals surface area contributed by atoms with Gasteiger partial charge in [-0.05, 0) is 94.1 Å². The number of amides is 3. The van der Waals surface area contributed by atoms with E-state index in [4.69, 9.17) is 32.7 Å². The Kier molecular flexibility index (Phi) is 10.4. The summed E-state index contributed by atoms with van der Waals surface area (Å²) in [6, 6.07) is 16.1. The van der Waals surface area contributed by atoms with Crippen LogP contribution in [0.4, 0.5) is 10.5 Å². The number of hydrogen-bond donors (Lipinski definition) is 1. The molecule has 41 heavy (non-hydrogen) atoms. The summed E-state index contributed by atoms with van der Waals surface area (Å²) in [4.78, 5) is 39.4. The highest BCUT2D eigenvalue weighted by molar-refractivity contribution is 9.10. The van der Waals surface area contributed by atoms with E-state index in [0.29, 0.717) is 49.8 Å². The van der Waals surface area contributed by atoms with Crippen molar-refractivity contribution in [2.45, 2.75) is 33.3 Å². The average Bonchev–Trinajstić information content (AvgIpc) is 3.16. The van der Waals surface area contributed by atoms with Crippen LogP contribution in [0.2, 0.25) is 10.0 Å². The van der Waals surface area contributed by atoms with Crippen molar-refractivity contribution in [1.29, 1.82) is 0 Å². The van der Waals surface area contributed by atoms with Crippen LogP contribution >= 0.6 is 50.9 Å². The van der Waals surface area contributed by atoms with E-state index in [2.05, 4.69) is 35.1 Å². The average molecular weight is 678 g/mol. The highest BCUT2D eigenvalue weighted by atomic mass is 79.9. The fraction of sp³-hybridized carbons (Fsp3) is 0.233. The number of nitrogens with zero attached hydrogens (tertiary/aromatic N) is 1. The van der Waals surface area contributed by atoms with Crippen LogP contribution in [0.3, 0.4) is 0 Å². The van der Waals surface area contributed by atoms with Gasteiger partial charge in [0.2, 0.25) is 5.91 Å². The molecule has 0 aromatic heterocycles. The van der Waals surface area contributed by atoms with E-state index in [-0.39, 0.29) is 18.1 Å². The molecule has 11 heteroatoms. The second-order valence-electron chi connectivity index (χ2n) is 9.38. The minimum Gasteiger partial charge on any atom is -0.490 e. The maximum atomic E-state index is 13.1. The zero-order valence-corrected chi connectivity index (χ0v) is 26.4. The van der Waals surface area contributed by atoms with E-state index in [9.17, 15) is 14.4 Å². The maximum Gasteiger partial charge on any atom is 0.294 e. The van der Waals surface area contributed by atoms with Crippen molar-refractivity contribution in [3.05, 3.63) is 90.7 Å². The molecule has 1 fully saturated rings. The van der Waals surface area contributed by atoms with Gasteiger partial charge < -0.3 is 14.8 Å². The van der Waals surface area contributed by atoms with Gasteiger partial charge in [-0.1, -0.05) is 55.2 Å². The molecule has 0 atom stereocenters. The molecule has 7 nitrogen and oxygen atoms in total. The molecule has 3 amide bonds. The van der Waals surface area contributed by atoms with Gasteiger partial charge in [0.15, 0.2) is 11.5 Å². The molecule has 3 aromatic rings. The van der Waals surface area contributed by atoms with Gasteiger partial charge in [0.05, 0.1) is 16.0 Å². The molecule has 1 heterocycles. The first-order valence-corrected chi connectivity index (χ1v) is 15.1. The Bertz CT molecular complexity index is 1510. The lowest BCUT2D eigenvalue weighted by atomic mass is 10.0. The van der Waals surface area contributed by atoms with E-state index >= 15 is 0 Å². The lowest BCUT2D eigenvalue weighted by Gasteiger charge is -2.15. The van der Waals surface area contributed by atoms with Gasteiger partial charge in [0, 0.05) is 21.3 Å². The number of hydrogen-bond acceptors (Lipinski definition) is 6. The van der Waals surface area contributed by atoms with Crippen LogP contribution in [-0.2, 0) is 16.2 Å². The van der Waals surface area contributed by atoms with E-state index in [1.807, 2.05) is 19.1 Å². The number of anilines is 1. The Morgan fingerprint density at radius 3 is 2.46 bits per heavy atom. The maximum absolute atomic E-state index is 13.1. The molecular weight excluding hydrogens is 651 g/mol.